The van der Waals surface area contributed by atoms with Crippen molar-refractivity contribution < 1.29 is 9.21 Å². The molecular weight excluding hydrogens is 262 g/mol. The Morgan fingerprint density at radius 3 is 2.67 bits per heavy atom. The number of carbonyl (C=O) groups is 1. The lowest BCUT2D eigenvalue weighted by molar-refractivity contribution is -0.129. The molecule has 0 aliphatic carbocycles. The molecule has 3 rings (SSSR count). The zero-order chi connectivity index (χ0) is 15.0. The second-order valence-electron chi connectivity index (χ2n) is 6.39. The zero-order valence-corrected chi connectivity index (χ0v) is 13.1. The molecule has 1 aliphatic rings. The molecule has 0 N–H and O–H groups in total. The van der Waals surface area contributed by atoms with Gasteiger partial charge in [0.05, 0.1) is 12.7 Å². The van der Waals surface area contributed by atoms with Crippen LogP contribution in [-0.2, 0) is 11.2 Å². The number of furan rings is 1. The Morgan fingerprint density at radius 2 is 2.00 bits per heavy atom. The van der Waals surface area contributed by atoms with Gasteiger partial charge in [-0.3, -0.25) is 4.79 Å². The smallest absolute Gasteiger partial charge is 0.227 e. The molecule has 2 aromatic rings. The maximum absolute atomic E-state index is 12.3. The van der Waals surface area contributed by atoms with Gasteiger partial charge in [0.15, 0.2) is 0 Å². The number of benzene rings is 1. The average molecular weight is 285 g/mol. The molecule has 0 atom stereocenters. The van der Waals surface area contributed by atoms with Gasteiger partial charge in [0.1, 0.15) is 5.58 Å². The summed E-state index contributed by atoms with van der Waals surface area (Å²) in [6.07, 6.45) is 4.47. The van der Waals surface area contributed by atoms with Gasteiger partial charge in [0.25, 0.3) is 0 Å². The van der Waals surface area contributed by atoms with Crippen LogP contribution in [-0.4, -0.2) is 23.9 Å². The summed E-state index contributed by atoms with van der Waals surface area (Å²) in [6, 6.07) is 4.29. The molecular formula is C18H23NO2. The van der Waals surface area contributed by atoms with Crippen molar-refractivity contribution in [2.24, 2.45) is 0 Å². The van der Waals surface area contributed by atoms with E-state index in [1.807, 2.05) is 4.90 Å². The summed E-state index contributed by atoms with van der Waals surface area (Å²) in [5.74, 6) is 0.702. The highest BCUT2D eigenvalue weighted by molar-refractivity contribution is 5.88. The number of amides is 1. The van der Waals surface area contributed by atoms with E-state index in [2.05, 4.69) is 32.9 Å². The Kier molecular flexibility index (Phi) is 3.75. The maximum Gasteiger partial charge on any atom is 0.227 e. The van der Waals surface area contributed by atoms with Crippen LogP contribution in [0.1, 0.15) is 49.3 Å². The topological polar surface area (TPSA) is 33.5 Å². The molecule has 2 heterocycles. The molecule has 0 unspecified atom stereocenters. The lowest BCUT2D eigenvalue weighted by atomic mass is 9.95. The predicted molar refractivity (Wildman–Crippen MR) is 84.6 cm³/mol. The minimum Gasteiger partial charge on any atom is -0.464 e. The van der Waals surface area contributed by atoms with E-state index in [0.717, 1.165) is 42.5 Å². The first-order valence-electron chi connectivity index (χ1n) is 7.84. The molecule has 1 aliphatic heterocycles. The second kappa shape index (κ2) is 5.55. The van der Waals surface area contributed by atoms with Crippen molar-refractivity contribution in [1.29, 1.82) is 0 Å². The van der Waals surface area contributed by atoms with E-state index in [4.69, 9.17) is 4.42 Å². The maximum atomic E-state index is 12.3. The summed E-state index contributed by atoms with van der Waals surface area (Å²) in [5, 5.41) is 1.09. The average Bonchev–Trinajstić information content (AvgIpc) is 3.07. The molecule has 0 radical (unpaired) electrons. The van der Waals surface area contributed by atoms with E-state index in [1.54, 1.807) is 6.26 Å². The van der Waals surface area contributed by atoms with Crippen LogP contribution in [0.3, 0.4) is 0 Å². The van der Waals surface area contributed by atoms with E-state index >= 15 is 0 Å². The second-order valence-corrected chi connectivity index (χ2v) is 6.39. The van der Waals surface area contributed by atoms with Crippen LogP contribution in [0.15, 0.2) is 22.8 Å². The van der Waals surface area contributed by atoms with Gasteiger partial charge in [-0.15, -0.1) is 0 Å². The molecule has 0 spiro atoms. The van der Waals surface area contributed by atoms with Gasteiger partial charge in [0, 0.05) is 24.0 Å². The van der Waals surface area contributed by atoms with Crippen LogP contribution < -0.4 is 0 Å². The minimum atomic E-state index is 0.224. The highest BCUT2D eigenvalue weighted by atomic mass is 16.3. The van der Waals surface area contributed by atoms with Gasteiger partial charge >= 0.3 is 0 Å². The highest BCUT2D eigenvalue weighted by Gasteiger charge is 2.20. The van der Waals surface area contributed by atoms with Crippen LogP contribution in [0, 0.1) is 6.92 Å². The number of rotatable bonds is 3. The number of fused-ring (bicyclic) bond motifs is 1. The van der Waals surface area contributed by atoms with E-state index < -0.39 is 0 Å². The summed E-state index contributed by atoms with van der Waals surface area (Å²) in [5.41, 5.74) is 4.49. The Labute approximate surface area is 125 Å². The van der Waals surface area contributed by atoms with Gasteiger partial charge in [-0.05, 0) is 48.9 Å². The fourth-order valence-electron chi connectivity index (χ4n) is 3.24. The van der Waals surface area contributed by atoms with Gasteiger partial charge in [-0.2, -0.15) is 0 Å². The lowest BCUT2D eigenvalue weighted by Crippen LogP contribution is -2.28. The number of likely N-dealkylation sites (tertiary alicyclic amines) is 1. The zero-order valence-electron chi connectivity index (χ0n) is 13.1. The summed E-state index contributed by atoms with van der Waals surface area (Å²) in [4.78, 5) is 14.3. The third-order valence-corrected chi connectivity index (χ3v) is 4.46. The van der Waals surface area contributed by atoms with Crippen molar-refractivity contribution >= 4 is 16.9 Å². The number of aryl methyl sites for hydroxylation is 1. The van der Waals surface area contributed by atoms with Crippen molar-refractivity contribution in [3.05, 3.63) is 35.1 Å². The van der Waals surface area contributed by atoms with Gasteiger partial charge in [-0.25, -0.2) is 0 Å². The standard InChI is InChI=1S/C18H23NO2/c1-12(2)15-10-16-14(11-21-17(16)8-13(15)3)9-18(20)19-6-4-5-7-19/h8,10-12H,4-7,9H2,1-3H3. The number of nitrogens with zero attached hydrogens (tertiary/aromatic N) is 1. The molecule has 112 valence electrons. The number of hydrogen-bond donors (Lipinski definition) is 0. The van der Waals surface area contributed by atoms with Crippen LogP contribution in [0.25, 0.3) is 11.0 Å². The minimum absolute atomic E-state index is 0.224. The highest BCUT2D eigenvalue weighted by Crippen LogP contribution is 2.29. The molecule has 0 saturated carbocycles. The largest absolute Gasteiger partial charge is 0.464 e. The normalized spacial score (nSPS) is 15.3. The summed E-state index contributed by atoms with van der Waals surface area (Å²) < 4.78 is 5.66. The fourth-order valence-corrected chi connectivity index (χ4v) is 3.24. The molecule has 0 bridgehead atoms. The van der Waals surface area contributed by atoms with E-state index in [-0.39, 0.29) is 5.91 Å². The molecule has 1 fully saturated rings. The summed E-state index contributed by atoms with van der Waals surface area (Å²) >= 11 is 0. The predicted octanol–water partition coefficient (Wildman–Crippen LogP) is 4.03. The van der Waals surface area contributed by atoms with Crippen LogP contribution >= 0.6 is 0 Å². The van der Waals surface area contributed by atoms with Crippen molar-refractivity contribution in [2.45, 2.75) is 46.0 Å². The molecule has 21 heavy (non-hydrogen) atoms. The van der Waals surface area contributed by atoms with E-state index in [1.165, 1.54) is 11.1 Å². The van der Waals surface area contributed by atoms with Gasteiger partial charge < -0.3 is 9.32 Å². The molecule has 3 heteroatoms. The first-order chi connectivity index (χ1) is 10.1. The SMILES string of the molecule is Cc1cc2occ(CC(=O)N3CCCC3)c2cc1C(C)C. The Balaban J connectivity index is 1.91. The van der Waals surface area contributed by atoms with Crippen molar-refractivity contribution in [1.82, 2.24) is 4.90 Å². The quantitative estimate of drug-likeness (QED) is 0.853. The van der Waals surface area contributed by atoms with E-state index in [9.17, 15) is 4.79 Å². The fraction of sp³-hybridized carbons (Fsp3) is 0.500. The van der Waals surface area contributed by atoms with Crippen LogP contribution in [0.4, 0.5) is 0 Å². The molecule has 1 aromatic heterocycles. The first kappa shape index (κ1) is 14.2. The summed E-state index contributed by atoms with van der Waals surface area (Å²) in [7, 11) is 0. The Hall–Kier alpha value is -1.77. The lowest BCUT2D eigenvalue weighted by Gasteiger charge is -2.14. The van der Waals surface area contributed by atoms with Crippen molar-refractivity contribution in [3.8, 4) is 0 Å². The van der Waals surface area contributed by atoms with Crippen LogP contribution in [0.5, 0.6) is 0 Å². The third-order valence-electron chi connectivity index (χ3n) is 4.46. The molecule has 1 aromatic carbocycles. The van der Waals surface area contributed by atoms with Crippen molar-refractivity contribution in [3.63, 3.8) is 0 Å². The van der Waals surface area contributed by atoms with Crippen LogP contribution in [0.2, 0.25) is 0 Å². The first-order valence-corrected chi connectivity index (χ1v) is 7.84. The Morgan fingerprint density at radius 1 is 1.29 bits per heavy atom. The van der Waals surface area contributed by atoms with Gasteiger partial charge in [-0.1, -0.05) is 13.8 Å². The number of hydrogen-bond acceptors (Lipinski definition) is 2. The number of carbonyl (C=O) groups excluding carboxylic acids is 1. The Bertz CT molecular complexity index is 663. The van der Waals surface area contributed by atoms with E-state index in [0.29, 0.717) is 12.3 Å². The third kappa shape index (κ3) is 2.69. The van der Waals surface area contributed by atoms with Crippen molar-refractivity contribution in [2.75, 3.05) is 13.1 Å². The summed E-state index contributed by atoms with van der Waals surface area (Å²) in [6.45, 7) is 8.33. The molecule has 1 amide bonds. The molecule has 3 nitrogen and oxygen atoms in total. The van der Waals surface area contributed by atoms with Gasteiger partial charge in [0.2, 0.25) is 5.91 Å². The monoisotopic (exact) mass is 285 g/mol. The molecule has 1 saturated heterocycles.